The minimum absolute atomic E-state index is 0.313. The summed E-state index contributed by atoms with van der Waals surface area (Å²) in [6.07, 6.45) is 12.0. The van der Waals surface area contributed by atoms with Gasteiger partial charge in [0.2, 0.25) is 0 Å². The van der Waals surface area contributed by atoms with Crippen LogP contribution in [0.1, 0.15) is 70.1 Å². The van der Waals surface area contributed by atoms with Crippen LogP contribution >= 0.6 is 0 Å². The third kappa shape index (κ3) is 2.78. The summed E-state index contributed by atoms with van der Waals surface area (Å²) >= 11 is 0. The monoisotopic (exact) mass is 276 g/mol. The Balaban J connectivity index is 1.67. The Labute approximate surface area is 122 Å². The molecule has 3 nitrogen and oxygen atoms in total. The van der Waals surface area contributed by atoms with Crippen molar-refractivity contribution < 1.29 is 5.11 Å². The van der Waals surface area contributed by atoms with Gasteiger partial charge in [0.05, 0.1) is 11.8 Å². The minimum atomic E-state index is -0.313. The summed E-state index contributed by atoms with van der Waals surface area (Å²) in [5.41, 5.74) is 1.03. The largest absolute Gasteiger partial charge is 0.387 e. The molecule has 3 heteroatoms. The second-order valence-electron chi connectivity index (χ2n) is 6.80. The van der Waals surface area contributed by atoms with Crippen molar-refractivity contribution in [3.63, 3.8) is 0 Å². The van der Waals surface area contributed by atoms with Gasteiger partial charge in [-0.05, 0) is 49.5 Å². The zero-order chi connectivity index (χ0) is 13.9. The first-order chi connectivity index (χ1) is 9.79. The molecule has 0 bridgehead atoms. The fraction of sp³-hybridized carbons (Fsp3) is 0.824. The molecule has 0 saturated heterocycles. The van der Waals surface area contributed by atoms with Crippen molar-refractivity contribution in [1.82, 2.24) is 9.78 Å². The number of aromatic nitrogens is 2. The van der Waals surface area contributed by atoms with Gasteiger partial charge >= 0.3 is 0 Å². The molecule has 2 aliphatic rings. The van der Waals surface area contributed by atoms with Crippen LogP contribution in [0.2, 0.25) is 0 Å². The van der Waals surface area contributed by atoms with Crippen molar-refractivity contribution in [3.8, 4) is 0 Å². The van der Waals surface area contributed by atoms with Crippen LogP contribution in [-0.2, 0) is 6.54 Å². The van der Waals surface area contributed by atoms with E-state index in [-0.39, 0.29) is 6.10 Å². The van der Waals surface area contributed by atoms with Crippen LogP contribution in [0.25, 0.3) is 0 Å². The maximum Gasteiger partial charge on any atom is 0.0984 e. The second-order valence-corrected chi connectivity index (χ2v) is 6.80. The topological polar surface area (TPSA) is 38.0 Å². The first-order valence-corrected chi connectivity index (χ1v) is 8.49. The predicted molar refractivity (Wildman–Crippen MR) is 80.3 cm³/mol. The molecule has 2 aliphatic carbocycles. The smallest absolute Gasteiger partial charge is 0.0984 e. The Morgan fingerprint density at radius 2 is 2.05 bits per heavy atom. The van der Waals surface area contributed by atoms with Gasteiger partial charge in [0, 0.05) is 12.7 Å². The van der Waals surface area contributed by atoms with Crippen LogP contribution in [0, 0.1) is 17.8 Å². The zero-order valence-corrected chi connectivity index (χ0v) is 12.7. The van der Waals surface area contributed by atoms with Crippen molar-refractivity contribution >= 4 is 0 Å². The summed E-state index contributed by atoms with van der Waals surface area (Å²) in [5, 5.41) is 15.1. The molecule has 112 valence electrons. The minimum Gasteiger partial charge on any atom is -0.387 e. The average Bonchev–Trinajstić information content (AvgIpc) is 2.94. The van der Waals surface area contributed by atoms with E-state index in [0.717, 1.165) is 30.5 Å². The number of aliphatic hydroxyl groups excluding tert-OH is 1. The molecule has 1 aromatic heterocycles. The molecular weight excluding hydrogens is 248 g/mol. The van der Waals surface area contributed by atoms with Gasteiger partial charge in [0.1, 0.15) is 0 Å². The molecule has 3 rings (SSSR count). The van der Waals surface area contributed by atoms with E-state index in [1.165, 1.54) is 44.9 Å². The summed E-state index contributed by atoms with van der Waals surface area (Å²) in [5.74, 6) is 2.27. The maximum atomic E-state index is 10.8. The lowest BCUT2D eigenvalue weighted by Gasteiger charge is -2.40. The lowest BCUT2D eigenvalue weighted by molar-refractivity contribution is 0.0299. The predicted octanol–water partition coefficient (Wildman–Crippen LogP) is 3.93. The number of hydrogen-bond donors (Lipinski definition) is 1. The summed E-state index contributed by atoms with van der Waals surface area (Å²) in [6, 6.07) is 2.01. The number of hydrogen-bond acceptors (Lipinski definition) is 2. The molecule has 0 aromatic carbocycles. The van der Waals surface area contributed by atoms with E-state index in [9.17, 15) is 5.11 Å². The first kappa shape index (κ1) is 14.1. The van der Waals surface area contributed by atoms with Crippen LogP contribution < -0.4 is 0 Å². The van der Waals surface area contributed by atoms with Crippen LogP contribution in [0.5, 0.6) is 0 Å². The Hall–Kier alpha value is -0.830. The number of nitrogens with zero attached hydrogens (tertiary/aromatic N) is 2. The van der Waals surface area contributed by atoms with Crippen LogP contribution in [0.15, 0.2) is 12.3 Å². The summed E-state index contributed by atoms with van der Waals surface area (Å²) in [7, 11) is 0. The Morgan fingerprint density at radius 3 is 2.85 bits per heavy atom. The Bertz CT molecular complexity index is 428. The Kier molecular flexibility index (Phi) is 4.45. The van der Waals surface area contributed by atoms with Crippen LogP contribution in [-0.4, -0.2) is 14.9 Å². The molecule has 0 aliphatic heterocycles. The van der Waals surface area contributed by atoms with E-state index in [1.54, 1.807) is 0 Å². The fourth-order valence-electron chi connectivity index (χ4n) is 4.43. The van der Waals surface area contributed by atoms with Crippen molar-refractivity contribution in [2.45, 2.75) is 70.9 Å². The number of rotatable bonds is 4. The van der Waals surface area contributed by atoms with Gasteiger partial charge < -0.3 is 5.11 Å². The molecule has 0 radical (unpaired) electrons. The average molecular weight is 276 g/mol. The number of fused-ring (bicyclic) bond motifs is 1. The van der Waals surface area contributed by atoms with E-state index in [4.69, 9.17) is 0 Å². The summed E-state index contributed by atoms with van der Waals surface area (Å²) < 4.78 is 2.00. The van der Waals surface area contributed by atoms with E-state index in [1.807, 2.05) is 16.9 Å². The highest BCUT2D eigenvalue weighted by Crippen LogP contribution is 2.46. The van der Waals surface area contributed by atoms with Gasteiger partial charge in [-0.1, -0.05) is 32.6 Å². The highest BCUT2D eigenvalue weighted by Gasteiger charge is 2.36. The van der Waals surface area contributed by atoms with E-state index >= 15 is 0 Å². The van der Waals surface area contributed by atoms with Crippen LogP contribution in [0.3, 0.4) is 0 Å². The molecule has 20 heavy (non-hydrogen) atoms. The SMILES string of the molecule is CCCn1nccc1C(O)C1CCC2CCCCC2C1. The van der Waals surface area contributed by atoms with Gasteiger partial charge in [-0.15, -0.1) is 0 Å². The van der Waals surface area contributed by atoms with Gasteiger partial charge in [-0.25, -0.2) is 0 Å². The van der Waals surface area contributed by atoms with E-state index in [0.29, 0.717) is 5.92 Å². The molecule has 4 atom stereocenters. The van der Waals surface area contributed by atoms with Crippen molar-refractivity contribution in [2.24, 2.45) is 17.8 Å². The summed E-state index contributed by atoms with van der Waals surface area (Å²) in [6.45, 7) is 3.07. The highest BCUT2D eigenvalue weighted by atomic mass is 16.3. The molecule has 1 N–H and O–H groups in total. The quantitative estimate of drug-likeness (QED) is 0.904. The standard InChI is InChI=1S/C17H28N2O/c1-2-11-19-16(9-10-18-19)17(20)15-8-7-13-5-3-4-6-14(13)12-15/h9-10,13-15,17,20H,2-8,11-12H2,1H3. The Morgan fingerprint density at radius 1 is 1.25 bits per heavy atom. The molecule has 2 saturated carbocycles. The van der Waals surface area contributed by atoms with Gasteiger partial charge in [0.15, 0.2) is 0 Å². The van der Waals surface area contributed by atoms with Crippen molar-refractivity contribution in [2.75, 3.05) is 0 Å². The molecule has 4 unspecified atom stereocenters. The van der Waals surface area contributed by atoms with Crippen LogP contribution in [0.4, 0.5) is 0 Å². The normalized spacial score (nSPS) is 31.8. The van der Waals surface area contributed by atoms with Gasteiger partial charge in [0.25, 0.3) is 0 Å². The summed E-state index contributed by atoms with van der Waals surface area (Å²) in [4.78, 5) is 0. The zero-order valence-electron chi connectivity index (χ0n) is 12.7. The first-order valence-electron chi connectivity index (χ1n) is 8.49. The highest BCUT2D eigenvalue weighted by molar-refractivity contribution is 5.07. The molecule has 2 fully saturated rings. The van der Waals surface area contributed by atoms with Gasteiger partial charge in [-0.3, -0.25) is 4.68 Å². The third-order valence-corrected chi connectivity index (χ3v) is 5.51. The number of aryl methyl sites for hydroxylation is 1. The molecule has 0 amide bonds. The molecule has 1 aromatic rings. The molecule has 0 spiro atoms. The lowest BCUT2D eigenvalue weighted by Crippen LogP contribution is -2.31. The molecular formula is C17H28N2O. The van der Waals surface area contributed by atoms with E-state index < -0.39 is 0 Å². The third-order valence-electron chi connectivity index (χ3n) is 5.51. The number of aliphatic hydroxyl groups is 1. The maximum absolute atomic E-state index is 10.8. The van der Waals surface area contributed by atoms with E-state index in [2.05, 4.69) is 12.0 Å². The van der Waals surface area contributed by atoms with Gasteiger partial charge in [-0.2, -0.15) is 5.10 Å². The lowest BCUT2D eigenvalue weighted by atomic mass is 9.66. The fourth-order valence-corrected chi connectivity index (χ4v) is 4.43. The second kappa shape index (κ2) is 6.30. The van der Waals surface area contributed by atoms with Crippen molar-refractivity contribution in [1.29, 1.82) is 0 Å². The molecule has 1 heterocycles. The van der Waals surface area contributed by atoms with Crippen molar-refractivity contribution in [3.05, 3.63) is 18.0 Å².